The molecular weight excluding hydrogens is 385 g/mol. The van der Waals surface area contributed by atoms with E-state index < -0.39 is 7.60 Å². The van der Waals surface area contributed by atoms with Gasteiger partial charge in [0.25, 0.3) is 0 Å². The summed E-state index contributed by atoms with van der Waals surface area (Å²) >= 11 is 0. The Balaban J connectivity index is 2.00. The molecule has 1 amide bonds. The van der Waals surface area contributed by atoms with Gasteiger partial charge in [0.1, 0.15) is 6.16 Å². The van der Waals surface area contributed by atoms with Crippen molar-refractivity contribution in [3.63, 3.8) is 0 Å². The average Bonchev–Trinajstić information content (AvgIpc) is 3.19. The highest BCUT2D eigenvalue weighted by atomic mass is 31.2. The molecule has 0 bridgehead atoms. The predicted octanol–water partition coefficient (Wildman–Crippen LogP) is 5.33. The molecule has 0 unspecified atom stereocenters. The molecule has 0 saturated carbocycles. The molecule has 1 aliphatic rings. The molecule has 6 heteroatoms. The number of nitrogens with zero attached hydrogens (tertiary/aromatic N) is 1. The SMILES string of the molecule is CCOP(=O)(CC(=O)N1CCCC1=C(c1ccccc1)c1ccccc1)OCC. The highest BCUT2D eigenvalue weighted by Gasteiger charge is 2.34. The minimum absolute atomic E-state index is 0.216. The second kappa shape index (κ2) is 10.0. The van der Waals surface area contributed by atoms with Gasteiger partial charge >= 0.3 is 7.60 Å². The van der Waals surface area contributed by atoms with Crippen LogP contribution < -0.4 is 0 Å². The standard InChI is InChI=1S/C23H28NO4P/c1-3-27-29(26,28-4-2)18-22(25)24-17-11-16-21(24)23(19-12-7-5-8-13-19)20-14-9-6-10-15-20/h5-10,12-15H,3-4,11,16-18H2,1-2H3. The summed E-state index contributed by atoms with van der Waals surface area (Å²) in [6, 6.07) is 20.2. The first-order valence-corrected chi connectivity index (χ1v) is 11.8. The molecule has 5 nitrogen and oxygen atoms in total. The maximum absolute atomic E-state index is 13.1. The van der Waals surface area contributed by atoms with Gasteiger partial charge in [0.2, 0.25) is 5.91 Å². The number of allylic oxidation sites excluding steroid dienone is 1. The molecule has 0 radical (unpaired) electrons. The highest BCUT2D eigenvalue weighted by Crippen LogP contribution is 2.48. The van der Waals surface area contributed by atoms with Crippen LogP contribution in [-0.2, 0) is 18.4 Å². The third-order valence-corrected chi connectivity index (χ3v) is 6.78. The van der Waals surface area contributed by atoms with E-state index in [2.05, 4.69) is 24.3 Å². The molecule has 0 N–H and O–H groups in total. The number of hydrogen-bond acceptors (Lipinski definition) is 4. The van der Waals surface area contributed by atoms with E-state index in [1.54, 1.807) is 18.7 Å². The first kappa shape index (κ1) is 21.5. The fourth-order valence-corrected chi connectivity index (χ4v) is 5.24. The fourth-order valence-electron chi connectivity index (χ4n) is 3.69. The van der Waals surface area contributed by atoms with Gasteiger partial charge in [0.05, 0.1) is 13.2 Å². The van der Waals surface area contributed by atoms with Crippen molar-refractivity contribution in [3.8, 4) is 0 Å². The van der Waals surface area contributed by atoms with Crippen LogP contribution in [0, 0.1) is 0 Å². The monoisotopic (exact) mass is 413 g/mol. The molecule has 0 aliphatic carbocycles. The summed E-state index contributed by atoms with van der Waals surface area (Å²) in [5.74, 6) is -0.216. The summed E-state index contributed by atoms with van der Waals surface area (Å²) in [6.45, 7) is 4.59. The second-order valence-corrected chi connectivity index (χ2v) is 8.86. The van der Waals surface area contributed by atoms with Gasteiger partial charge in [-0.15, -0.1) is 0 Å². The maximum atomic E-state index is 13.1. The molecule has 2 aromatic rings. The molecule has 2 aromatic carbocycles. The van der Waals surface area contributed by atoms with Crippen LogP contribution in [0.4, 0.5) is 0 Å². The molecule has 1 heterocycles. The van der Waals surface area contributed by atoms with Crippen LogP contribution in [0.3, 0.4) is 0 Å². The molecule has 29 heavy (non-hydrogen) atoms. The Morgan fingerprint density at radius 3 is 1.93 bits per heavy atom. The van der Waals surface area contributed by atoms with Crippen molar-refractivity contribution in [2.24, 2.45) is 0 Å². The quantitative estimate of drug-likeness (QED) is 0.549. The zero-order valence-electron chi connectivity index (χ0n) is 17.0. The molecule has 0 aromatic heterocycles. The number of rotatable bonds is 8. The van der Waals surface area contributed by atoms with Gasteiger partial charge in [0.15, 0.2) is 0 Å². The van der Waals surface area contributed by atoms with E-state index in [0.717, 1.165) is 35.2 Å². The van der Waals surface area contributed by atoms with Gasteiger partial charge in [-0.3, -0.25) is 9.36 Å². The van der Waals surface area contributed by atoms with Gasteiger partial charge < -0.3 is 13.9 Å². The lowest BCUT2D eigenvalue weighted by atomic mass is 9.95. The van der Waals surface area contributed by atoms with Crippen molar-refractivity contribution in [1.82, 2.24) is 4.90 Å². The summed E-state index contributed by atoms with van der Waals surface area (Å²) in [5.41, 5.74) is 4.13. The van der Waals surface area contributed by atoms with Gasteiger partial charge in [-0.1, -0.05) is 60.7 Å². The first-order chi connectivity index (χ1) is 14.1. The summed E-state index contributed by atoms with van der Waals surface area (Å²) in [6.07, 6.45) is 1.42. The van der Waals surface area contributed by atoms with Crippen molar-refractivity contribution < 1.29 is 18.4 Å². The van der Waals surface area contributed by atoms with Crippen LogP contribution in [0.25, 0.3) is 5.57 Å². The van der Waals surface area contributed by atoms with Crippen LogP contribution in [0.5, 0.6) is 0 Å². The van der Waals surface area contributed by atoms with E-state index >= 15 is 0 Å². The third-order valence-electron chi connectivity index (χ3n) is 4.82. The minimum Gasteiger partial charge on any atom is -0.315 e. The molecule has 0 spiro atoms. The largest absolute Gasteiger partial charge is 0.340 e. The lowest BCUT2D eigenvalue weighted by Gasteiger charge is -2.24. The normalized spacial score (nSPS) is 14.3. The number of amides is 1. The second-order valence-electron chi connectivity index (χ2n) is 6.81. The number of carbonyl (C=O) groups is 1. The van der Waals surface area contributed by atoms with E-state index in [4.69, 9.17) is 9.05 Å². The molecule has 154 valence electrons. The average molecular weight is 413 g/mol. The number of likely N-dealkylation sites (tertiary alicyclic amines) is 1. The Kier molecular flexibility index (Phi) is 7.43. The van der Waals surface area contributed by atoms with Crippen LogP contribution >= 0.6 is 7.60 Å². The van der Waals surface area contributed by atoms with Gasteiger partial charge in [-0.2, -0.15) is 0 Å². The zero-order chi connectivity index (χ0) is 20.7. The Bertz CT molecular complexity index is 844. The molecular formula is C23H28NO4P. The Labute approximate surface area is 172 Å². The zero-order valence-corrected chi connectivity index (χ0v) is 17.9. The fraction of sp³-hybridized carbons (Fsp3) is 0.348. The Hall–Kier alpha value is -2.20. The van der Waals surface area contributed by atoms with Gasteiger partial charge in [-0.05, 0) is 37.8 Å². The van der Waals surface area contributed by atoms with Crippen LogP contribution in [0.1, 0.15) is 37.8 Å². The summed E-state index contributed by atoms with van der Waals surface area (Å²) in [7, 11) is -3.44. The molecule has 1 fully saturated rings. The minimum atomic E-state index is -3.44. The van der Waals surface area contributed by atoms with Crippen LogP contribution in [0.2, 0.25) is 0 Å². The van der Waals surface area contributed by atoms with Crippen molar-refractivity contribution in [1.29, 1.82) is 0 Å². The highest BCUT2D eigenvalue weighted by molar-refractivity contribution is 7.54. The molecule has 0 atom stereocenters. The van der Waals surface area contributed by atoms with Gasteiger partial charge in [-0.25, -0.2) is 0 Å². The topological polar surface area (TPSA) is 55.8 Å². The Morgan fingerprint density at radius 2 is 1.45 bits per heavy atom. The summed E-state index contributed by atoms with van der Waals surface area (Å²) < 4.78 is 23.6. The van der Waals surface area contributed by atoms with E-state index in [1.807, 2.05) is 36.4 Å². The predicted molar refractivity (Wildman–Crippen MR) is 116 cm³/mol. The lowest BCUT2D eigenvalue weighted by Crippen LogP contribution is -2.30. The van der Waals surface area contributed by atoms with Crippen molar-refractivity contribution in [2.75, 3.05) is 25.9 Å². The van der Waals surface area contributed by atoms with Gasteiger partial charge in [0, 0.05) is 17.8 Å². The van der Waals surface area contributed by atoms with E-state index in [1.165, 1.54) is 0 Å². The number of hydrogen-bond donors (Lipinski definition) is 0. The van der Waals surface area contributed by atoms with Crippen LogP contribution in [0.15, 0.2) is 66.4 Å². The maximum Gasteiger partial charge on any atom is 0.340 e. The van der Waals surface area contributed by atoms with E-state index in [-0.39, 0.29) is 25.3 Å². The van der Waals surface area contributed by atoms with Crippen LogP contribution in [-0.4, -0.2) is 36.7 Å². The number of benzene rings is 2. The van der Waals surface area contributed by atoms with E-state index in [0.29, 0.717) is 6.54 Å². The van der Waals surface area contributed by atoms with Crippen molar-refractivity contribution >= 4 is 19.1 Å². The lowest BCUT2D eigenvalue weighted by molar-refractivity contribution is -0.126. The third kappa shape index (κ3) is 5.24. The molecule has 1 saturated heterocycles. The van der Waals surface area contributed by atoms with E-state index in [9.17, 15) is 9.36 Å². The summed E-state index contributed by atoms with van der Waals surface area (Å²) in [5, 5.41) is 0. The van der Waals surface area contributed by atoms with Crippen molar-refractivity contribution in [2.45, 2.75) is 26.7 Å². The summed E-state index contributed by atoms with van der Waals surface area (Å²) in [4.78, 5) is 14.9. The first-order valence-electron chi connectivity index (χ1n) is 10.1. The molecule has 3 rings (SSSR count). The molecule has 1 aliphatic heterocycles. The number of carbonyl (C=O) groups excluding carboxylic acids is 1. The van der Waals surface area contributed by atoms with Crippen molar-refractivity contribution in [3.05, 3.63) is 77.5 Å². The Morgan fingerprint density at radius 1 is 0.931 bits per heavy atom. The smallest absolute Gasteiger partial charge is 0.315 e.